The molecule has 1 unspecified atom stereocenters. The summed E-state index contributed by atoms with van der Waals surface area (Å²) in [7, 11) is -21.2. The normalized spacial score (nSPS) is 21.6. The number of nitrogens with one attached hydrogen (secondary N) is 1. The third-order valence-corrected chi connectivity index (χ3v) is 32.0. The first-order chi connectivity index (χ1) is 66.1. The largest absolute Gasteiger partial charge is 0.493 e. The van der Waals surface area contributed by atoms with E-state index in [0.717, 1.165) is 89.9 Å². The molecule has 6 aromatic carbocycles. The molecule has 18 rings (SSSR count). The van der Waals surface area contributed by atoms with Crippen LogP contribution in [0.15, 0.2) is 136 Å². The minimum absolute atomic E-state index is 0.0219. The van der Waals surface area contributed by atoms with Gasteiger partial charge >= 0.3 is 12.2 Å². The molecule has 2 saturated carbocycles. The van der Waals surface area contributed by atoms with Gasteiger partial charge < -0.3 is 92.3 Å². The van der Waals surface area contributed by atoms with Crippen LogP contribution in [0.3, 0.4) is 0 Å². The number of fused-ring (bicyclic) bond motifs is 6. The lowest BCUT2D eigenvalue weighted by atomic mass is 9.87. The predicted molar refractivity (Wildman–Crippen MR) is 537 cm³/mol. The molecular weight excluding hydrogens is 1920 g/mol. The summed E-state index contributed by atoms with van der Waals surface area (Å²) in [5.41, 5.74) is 41.4. The Morgan fingerprint density at radius 3 is 1.00 bits per heavy atom. The zero-order valence-electron chi connectivity index (χ0n) is 80.6. The zero-order valence-corrected chi connectivity index (χ0v) is 85.5. The Hall–Kier alpha value is -10.9. The Bertz CT molecular complexity index is 6430. The number of likely N-dealkylation sites (tertiary alicyclic amines) is 3. The monoisotopic (exact) mass is 2050 g/mol. The maximum absolute atomic E-state index is 12.3. The van der Waals surface area contributed by atoms with Crippen molar-refractivity contribution in [3.63, 3.8) is 0 Å². The van der Waals surface area contributed by atoms with E-state index >= 15 is 0 Å². The Kier molecular flexibility index (Phi) is 34.6. The van der Waals surface area contributed by atoms with Gasteiger partial charge in [0.15, 0.2) is 0 Å². The van der Waals surface area contributed by atoms with Crippen LogP contribution in [0.1, 0.15) is 244 Å². The predicted octanol–water partition coefficient (Wildman–Crippen LogP) is 10.7. The highest BCUT2D eigenvalue weighted by molar-refractivity contribution is 7.91. The molecule has 0 radical (unpaired) electrons. The average Bonchev–Trinajstić information content (AvgIpc) is 0.798. The van der Waals surface area contributed by atoms with E-state index in [-0.39, 0.29) is 106 Å². The van der Waals surface area contributed by atoms with Crippen LogP contribution in [0, 0.1) is 11.8 Å². The fraction of sp³-hybridized carbons (Fsp3) is 0.542. The lowest BCUT2D eigenvalue weighted by molar-refractivity contribution is 0.00757. The van der Waals surface area contributed by atoms with E-state index in [2.05, 4.69) is 50.5 Å². The third-order valence-electron chi connectivity index (χ3n) is 25.1. The summed E-state index contributed by atoms with van der Waals surface area (Å²) in [6.07, 6.45) is 19.7. The molecule has 2 aliphatic carbocycles. The molecule has 44 heteroatoms. The fourth-order valence-electron chi connectivity index (χ4n) is 18.6. The van der Waals surface area contributed by atoms with Crippen LogP contribution in [-0.4, -0.2) is 220 Å². The molecule has 2 atom stereocenters. The molecule has 12 aliphatic rings. The minimum Gasteiger partial charge on any atom is -0.493 e. The number of ether oxygens (including phenoxy) is 8. The number of hydrogen-bond donors (Lipinski definition) is 7. The van der Waals surface area contributed by atoms with Gasteiger partial charge in [-0.2, -0.15) is 0 Å². The summed E-state index contributed by atoms with van der Waals surface area (Å²) < 4.78 is 209. The molecule has 140 heavy (non-hydrogen) atoms. The van der Waals surface area contributed by atoms with Crippen molar-refractivity contribution in [1.29, 1.82) is 0 Å². The van der Waals surface area contributed by atoms with E-state index in [4.69, 9.17) is 72.3 Å². The first-order valence-corrected chi connectivity index (χ1v) is 57.3. The number of hydrogen-bond acceptors (Lipinski definition) is 30. The smallest absolute Gasteiger partial charge is 0.410 e. The van der Waals surface area contributed by atoms with Crippen molar-refractivity contribution in [3.8, 4) is 34.5 Å². The molecule has 2 amide bonds. The standard InChI is InChI=1S/2C18H25N3O5S.C16H23N3O3S.C16H22N2O3S.C14H19N3O3S.C14H18N2O3S/c1-18(2,3)26-17(22)21-9-5-7-13(10-21)25-14-8-4-6-12-11-27(23,24)20-16(19)15(12)14;1-18(2,3)26-17(22)21-9-7-13(8-10-21)25-14-6-4-5-12-11-27(23,24)20-16(19)15(12)14;1-11(2)19-8-6-13(7-9-19)22-14-5-3-4-12-10-23(20,21)18-16(17)15(12)14;17-16-15-13(11-22(19,20)18-16)7-4-8-14(15)21-10-9-12-5-2-1-3-6-12;15-14-13-11(9-21(18,19)17-14)4-1-5-12(13)20-8-10-3-2-6-16-7-10;15-14-13-10(9-20(17,18)16-14)5-4-8-12(13)19-11-6-2-1-3-7-11/h4,6,8,13H,5,7,9-11H2,1-3H3,(H2,19,20);4-6,13H,7-11H2,1-3H3,(H2,19,20);3-5,11,13H,6-10H2,1-2H3,(H2,17,18);4,7-8,12H,1-3,5-6,9-11H2,(H2,17,18);1,4-5,10,16H,2-3,6-9H2,(H2,15,17);4-5,8,11H,1-3,6-7,9H2,(H2,15,16)/t13-;;;;;/m1...../s1. The molecule has 10 heterocycles. The molecular formula is C96H132N16O22S6. The number of benzene rings is 6. The van der Waals surface area contributed by atoms with Crippen molar-refractivity contribution in [3.05, 3.63) is 176 Å². The van der Waals surface area contributed by atoms with Gasteiger partial charge in [-0.25, -0.2) is 60.1 Å². The number of amides is 2. The van der Waals surface area contributed by atoms with Gasteiger partial charge in [-0.05, 0) is 208 Å². The van der Waals surface area contributed by atoms with Gasteiger partial charge in [0.2, 0.25) is 0 Å². The number of rotatable bonds is 16. The van der Waals surface area contributed by atoms with Gasteiger partial charge in [0.05, 0.1) is 93.8 Å². The Labute approximate surface area is 822 Å². The number of sulfonamides is 6. The van der Waals surface area contributed by atoms with Crippen LogP contribution < -0.4 is 68.1 Å². The van der Waals surface area contributed by atoms with E-state index in [1.807, 2.05) is 84.0 Å². The summed E-state index contributed by atoms with van der Waals surface area (Å²) in [5.74, 6) is 3.98. The Morgan fingerprint density at radius 2 is 0.657 bits per heavy atom. The van der Waals surface area contributed by atoms with Crippen molar-refractivity contribution in [1.82, 2.24) is 20.0 Å². The number of carbonyl (C=O) groups excluding carboxylic acids is 2. The number of amidine groups is 6. The Morgan fingerprint density at radius 1 is 0.357 bits per heavy atom. The van der Waals surface area contributed by atoms with Crippen molar-refractivity contribution in [2.75, 3.05) is 65.6 Å². The second kappa shape index (κ2) is 45.6. The second-order valence-electron chi connectivity index (χ2n) is 39.0. The molecule has 4 saturated heterocycles. The maximum Gasteiger partial charge on any atom is 0.410 e. The van der Waals surface area contributed by atoms with Gasteiger partial charge in [-0.15, -0.1) is 26.4 Å². The molecule has 0 aromatic heterocycles. The second-order valence-corrected chi connectivity index (χ2v) is 48.9. The van der Waals surface area contributed by atoms with Gasteiger partial charge in [0.1, 0.15) is 99.0 Å². The van der Waals surface area contributed by atoms with Gasteiger partial charge in [-0.1, -0.05) is 111 Å². The molecule has 0 spiro atoms. The van der Waals surface area contributed by atoms with Crippen molar-refractivity contribution in [2.24, 2.45) is 72.6 Å². The molecule has 764 valence electrons. The van der Waals surface area contributed by atoms with E-state index in [0.29, 0.717) is 165 Å². The summed E-state index contributed by atoms with van der Waals surface area (Å²) in [6.45, 7) is 22.8. The first kappa shape index (κ1) is 106. The number of nitrogens with two attached hydrogens (primary N) is 6. The SMILES string of the molecule is CC(C)(C)OC(=O)N1CCC(Oc2cccc3c2C(N)=NS(=O)(=O)C3)CC1.CC(C)(C)OC(=O)N1CCC[C@@H](Oc2cccc3c2C(N)=NS(=O)(=O)C3)C1.CC(C)N1CCC(Oc2cccc3c2C(N)=NS(=O)(=O)C3)CC1.NC1=NS(=O)(=O)Cc2cccc(OC3CCCCC3)c21.NC1=NS(=O)(=O)Cc2cccc(OCC3CCCNC3)c21.NC1=NS(=O)(=O)Cc2cccc(OCCC3CCCCC3)c21. The van der Waals surface area contributed by atoms with Crippen molar-refractivity contribution in [2.45, 2.75) is 254 Å². The number of piperidine rings is 4. The number of carbonyl (C=O) groups is 2. The third kappa shape index (κ3) is 29.9. The summed E-state index contributed by atoms with van der Waals surface area (Å²) in [6, 6.07) is 32.6. The van der Waals surface area contributed by atoms with Crippen molar-refractivity contribution < 1.29 is 98.0 Å². The van der Waals surface area contributed by atoms with Crippen molar-refractivity contribution >= 4 is 107 Å². The molecule has 6 fully saturated rings. The lowest BCUT2D eigenvalue weighted by Gasteiger charge is -2.35. The van der Waals surface area contributed by atoms with Crippen LogP contribution >= 0.6 is 0 Å². The Balaban J connectivity index is 0.000000142. The highest BCUT2D eigenvalue weighted by atomic mass is 32.2. The van der Waals surface area contributed by atoms with Crippen LogP contribution in [0.4, 0.5) is 9.59 Å². The molecule has 10 aliphatic heterocycles. The molecule has 0 bridgehead atoms. The maximum atomic E-state index is 12.3. The van der Waals surface area contributed by atoms with Crippen LogP contribution in [-0.2, 0) is 104 Å². The van der Waals surface area contributed by atoms with E-state index < -0.39 is 71.3 Å². The van der Waals surface area contributed by atoms with E-state index in [9.17, 15) is 60.1 Å². The van der Waals surface area contributed by atoms with E-state index in [1.54, 1.807) is 76.5 Å². The number of nitrogens with zero attached hydrogens (tertiary/aromatic N) is 9. The topological polar surface area (TPSA) is 565 Å². The van der Waals surface area contributed by atoms with Crippen LogP contribution in [0.25, 0.3) is 0 Å². The fourth-order valence-corrected chi connectivity index (χ4v) is 25.1. The summed E-state index contributed by atoms with van der Waals surface area (Å²) in [5, 5.41) is 3.35. The van der Waals surface area contributed by atoms with E-state index in [1.165, 1.54) is 51.4 Å². The minimum atomic E-state index is -3.59. The molecule has 13 N–H and O–H groups in total. The quantitative estimate of drug-likeness (QED) is 0.0473. The highest BCUT2D eigenvalue weighted by Crippen LogP contribution is 2.39. The van der Waals surface area contributed by atoms with Gasteiger partial charge in [0, 0.05) is 64.1 Å². The van der Waals surface area contributed by atoms with Gasteiger partial charge in [-0.3, -0.25) is 0 Å². The molecule has 38 nitrogen and oxygen atoms in total. The average molecular weight is 2050 g/mol. The highest BCUT2D eigenvalue weighted by Gasteiger charge is 2.38. The van der Waals surface area contributed by atoms with Gasteiger partial charge in [0.25, 0.3) is 60.1 Å². The lowest BCUT2D eigenvalue weighted by Crippen LogP contribution is -2.46. The van der Waals surface area contributed by atoms with Crippen LogP contribution in [0.5, 0.6) is 34.5 Å². The first-order valence-electron chi connectivity index (χ1n) is 47.6. The summed E-state index contributed by atoms with van der Waals surface area (Å²) >= 11 is 0. The van der Waals surface area contributed by atoms with Crippen LogP contribution in [0.2, 0.25) is 0 Å². The summed E-state index contributed by atoms with van der Waals surface area (Å²) in [4.78, 5) is 30.2. The zero-order chi connectivity index (χ0) is 101. The molecule has 6 aromatic rings.